The van der Waals surface area contributed by atoms with Gasteiger partial charge in [-0.3, -0.25) is 0 Å². The molecule has 1 N–H and O–H groups in total. The van der Waals surface area contributed by atoms with Crippen LogP contribution in [0.3, 0.4) is 0 Å². The first-order valence-electron chi connectivity index (χ1n) is 6.62. The fourth-order valence-electron chi connectivity index (χ4n) is 2.16. The van der Waals surface area contributed by atoms with Crippen LogP contribution >= 0.6 is 0 Å². The van der Waals surface area contributed by atoms with Crippen molar-refractivity contribution < 1.29 is 19.4 Å². The Bertz CT molecular complexity index is 845. The van der Waals surface area contributed by atoms with E-state index in [2.05, 4.69) is 4.98 Å². The topological polar surface area (TPSA) is 68.7 Å². The van der Waals surface area contributed by atoms with Gasteiger partial charge >= 0.3 is 5.97 Å². The standard InChI is InChI=1S/C17H13NO4/c1-21-14-4-2-3-5-15(14)22-16-13-10-12(17(19)20)7-6-11(13)8-9-18-16/h2-10H,1H3,(H,19,20). The highest BCUT2D eigenvalue weighted by atomic mass is 16.5. The van der Waals surface area contributed by atoms with Gasteiger partial charge in [-0.05, 0) is 35.7 Å². The summed E-state index contributed by atoms with van der Waals surface area (Å²) in [7, 11) is 1.56. The molecule has 0 fully saturated rings. The average Bonchev–Trinajstić information content (AvgIpc) is 2.55. The van der Waals surface area contributed by atoms with Crippen molar-refractivity contribution in [1.29, 1.82) is 0 Å². The van der Waals surface area contributed by atoms with Gasteiger partial charge in [0.25, 0.3) is 0 Å². The maximum Gasteiger partial charge on any atom is 0.335 e. The number of fused-ring (bicyclic) bond motifs is 1. The van der Waals surface area contributed by atoms with E-state index in [4.69, 9.17) is 14.6 Å². The SMILES string of the molecule is COc1ccccc1Oc1nccc2ccc(C(=O)O)cc12. The number of aromatic carboxylic acids is 1. The molecule has 0 amide bonds. The summed E-state index contributed by atoms with van der Waals surface area (Å²) in [5, 5.41) is 10.6. The van der Waals surface area contributed by atoms with Crippen LogP contribution in [0.1, 0.15) is 10.4 Å². The van der Waals surface area contributed by atoms with Crippen LogP contribution in [-0.2, 0) is 0 Å². The summed E-state index contributed by atoms with van der Waals surface area (Å²) in [4.78, 5) is 15.3. The Labute approximate surface area is 126 Å². The predicted molar refractivity (Wildman–Crippen MR) is 81.8 cm³/mol. The van der Waals surface area contributed by atoms with Crippen LogP contribution in [0.4, 0.5) is 0 Å². The zero-order chi connectivity index (χ0) is 15.5. The number of ether oxygens (including phenoxy) is 2. The first kappa shape index (κ1) is 13.9. The molecule has 0 bridgehead atoms. The highest BCUT2D eigenvalue weighted by Gasteiger charge is 2.11. The van der Waals surface area contributed by atoms with Crippen LogP contribution in [0.5, 0.6) is 17.4 Å². The normalized spacial score (nSPS) is 10.4. The maximum atomic E-state index is 11.1. The largest absolute Gasteiger partial charge is 0.493 e. The minimum absolute atomic E-state index is 0.186. The summed E-state index contributed by atoms with van der Waals surface area (Å²) in [6, 6.07) is 13.8. The first-order chi connectivity index (χ1) is 10.7. The van der Waals surface area contributed by atoms with E-state index in [0.717, 1.165) is 5.39 Å². The van der Waals surface area contributed by atoms with E-state index in [1.807, 2.05) is 12.1 Å². The van der Waals surface area contributed by atoms with Gasteiger partial charge in [0.2, 0.25) is 5.88 Å². The van der Waals surface area contributed by atoms with Gasteiger partial charge in [0.15, 0.2) is 11.5 Å². The number of rotatable bonds is 4. The van der Waals surface area contributed by atoms with Crippen molar-refractivity contribution in [2.45, 2.75) is 0 Å². The lowest BCUT2D eigenvalue weighted by Gasteiger charge is -2.11. The number of carboxylic acids is 1. The third-order valence-electron chi connectivity index (χ3n) is 3.25. The van der Waals surface area contributed by atoms with E-state index in [0.29, 0.717) is 22.8 Å². The number of hydrogen-bond donors (Lipinski definition) is 1. The van der Waals surface area contributed by atoms with Crippen molar-refractivity contribution in [3.63, 3.8) is 0 Å². The molecule has 0 spiro atoms. The molecule has 2 aromatic carbocycles. The summed E-state index contributed by atoms with van der Waals surface area (Å²) in [6.07, 6.45) is 1.62. The van der Waals surface area contributed by atoms with Crippen molar-refractivity contribution >= 4 is 16.7 Å². The van der Waals surface area contributed by atoms with Gasteiger partial charge in [0.1, 0.15) is 0 Å². The summed E-state index contributed by atoms with van der Waals surface area (Å²) in [5.74, 6) is 0.445. The lowest BCUT2D eigenvalue weighted by atomic mass is 10.1. The van der Waals surface area contributed by atoms with Gasteiger partial charge in [-0.1, -0.05) is 18.2 Å². The average molecular weight is 295 g/mol. The second-order valence-corrected chi connectivity index (χ2v) is 4.61. The second-order valence-electron chi connectivity index (χ2n) is 4.61. The smallest absolute Gasteiger partial charge is 0.335 e. The van der Waals surface area contributed by atoms with E-state index >= 15 is 0 Å². The number of carboxylic acid groups (broad SMARTS) is 1. The van der Waals surface area contributed by atoms with Gasteiger partial charge in [-0.25, -0.2) is 9.78 Å². The minimum Gasteiger partial charge on any atom is -0.493 e. The van der Waals surface area contributed by atoms with E-state index < -0.39 is 5.97 Å². The Morgan fingerprint density at radius 3 is 2.59 bits per heavy atom. The summed E-state index contributed by atoms with van der Waals surface area (Å²) >= 11 is 0. The number of benzene rings is 2. The van der Waals surface area contributed by atoms with Crippen molar-refractivity contribution in [1.82, 2.24) is 4.98 Å². The van der Waals surface area contributed by atoms with Crippen molar-refractivity contribution in [2.75, 3.05) is 7.11 Å². The molecule has 0 saturated carbocycles. The second kappa shape index (κ2) is 5.73. The highest BCUT2D eigenvalue weighted by molar-refractivity contribution is 5.96. The van der Waals surface area contributed by atoms with Crippen molar-refractivity contribution in [3.8, 4) is 17.4 Å². The van der Waals surface area contributed by atoms with E-state index in [9.17, 15) is 4.79 Å². The number of pyridine rings is 1. The molecule has 0 aliphatic heterocycles. The number of methoxy groups -OCH3 is 1. The van der Waals surface area contributed by atoms with E-state index in [-0.39, 0.29) is 5.56 Å². The number of hydrogen-bond acceptors (Lipinski definition) is 4. The molecule has 5 heteroatoms. The van der Waals surface area contributed by atoms with Crippen molar-refractivity contribution in [3.05, 3.63) is 60.3 Å². The molecule has 110 valence electrons. The zero-order valence-corrected chi connectivity index (χ0v) is 11.8. The fourth-order valence-corrected chi connectivity index (χ4v) is 2.16. The fraction of sp³-hybridized carbons (Fsp3) is 0.0588. The molecule has 1 heterocycles. The Hall–Kier alpha value is -3.08. The summed E-state index contributed by atoms with van der Waals surface area (Å²) in [5.41, 5.74) is 0.186. The van der Waals surface area contributed by atoms with Gasteiger partial charge in [-0.2, -0.15) is 0 Å². The van der Waals surface area contributed by atoms with Gasteiger partial charge in [-0.15, -0.1) is 0 Å². The molecule has 0 saturated heterocycles. The Morgan fingerprint density at radius 2 is 1.86 bits per heavy atom. The molecule has 5 nitrogen and oxygen atoms in total. The third-order valence-corrected chi connectivity index (χ3v) is 3.25. The molecule has 3 aromatic rings. The minimum atomic E-state index is -0.992. The quantitative estimate of drug-likeness (QED) is 0.794. The van der Waals surface area contributed by atoms with Gasteiger partial charge < -0.3 is 14.6 Å². The Morgan fingerprint density at radius 1 is 1.09 bits per heavy atom. The third kappa shape index (κ3) is 2.56. The molecule has 0 aliphatic rings. The predicted octanol–water partition coefficient (Wildman–Crippen LogP) is 3.73. The summed E-state index contributed by atoms with van der Waals surface area (Å²) in [6.45, 7) is 0. The number of nitrogens with zero attached hydrogens (tertiary/aromatic N) is 1. The van der Waals surface area contributed by atoms with Crippen LogP contribution in [0.25, 0.3) is 10.8 Å². The molecule has 1 aromatic heterocycles. The zero-order valence-electron chi connectivity index (χ0n) is 11.8. The van der Waals surface area contributed by atoms with Crippen LogP contribution in [0, 0.1) is 0 Å². The molecule has 0 radical (unpaired) electrons. The molecule has 0 unspecified atom stereocenters. The van der Waals surface area contributed by atoms with Gasteiger partial charge in [0, 0.05) is 11.6 Å². The van der Waals surface area contributed by atoms with Gasteiger partial charge in [0.05, 0.1) is 12.7 Å². The Balaban J connectivity index is 2.10. The Kier molecular flexibility index (Phi) is 3.62. The van der Waals surface area contributed by atoms with Crippen LogP contribution in [0.2, 0.25) is 0 Å². The molecular formula is C17H13NO4. The van der Waals surface area contributed by atoms with Crippen molar-refractivity contribution in [2.24, 2.45) is 0 Å². The van der Waals surface area contributed by atoms with E-state index in [1.165, 1.54) is 0 Å². The maximum absolute atomic E-state index is 11.1. The van der Waals surface area contributed by atoms with Crippen LogP contribution < -0.4 is 9.47 Å². The number of aromatic nitrogens is 1. The number of para-hydroxylation sites is 2. The number of carbonyl (C=O) groups is 1. The lowest BCUT2D eigenvalue weighted by Crippen LogP contribution is -1.97. The van der Waals surface area contributed by atoms with Crippen LogP contribution in [-0.4, -0.2) is 23.2 Å². The molecule has 0 aliphatic carbocycles. The van der Waals surface area contributed by atoms with Crippen LogP contribution in [0.15, 0.2) is 54.7 Å². The lowest BCUT2D eigenvalue weighted by molar-refractivity contribution is 0.0697. The monoisotopic (exact) mass is 295 g/mol. The molecule has 3 rings (SSSR count). The first-order valence-corrected chi connectivity index (χ1v) is 6.62. The molecule has 22 heavy (non-hydrogen) atoms. The highest BCUT2D eigenvalue weighted by Crippen LogP contribution is 2.33. The van der Waals surface area contributed by atoms with E-state index in [1.54, 1.807) is 49.7 Å². The summed E-state index contributed by atoms with van der Waals surface area (Å²) < 4.78 is 11.1. The molecular weight excluding hydrogens is 282 g/mol. The molecule has 0 atom stereocenters.